The zero-order valence-electron chi connectivity index (χ0n) is 10.5. The average Bonchev–Trinajstić information content (AvgIpc) is 2.96. The summed E-state index contributed by atoms with van der Waals surface area (Å²) in [6, 6.07) is 8.43. The second-order valence-electron chi connectivity index (χ2n) is 4.85. The van der Waals surface area contributed by atoms with Crippen LogP contribution in [0.1, 0.15) is 18.0 Å². The quantitative estimate of drug-likeness (QED) is 0.390. The third-order valence-corrected chi connectivity index (χ3v) is 3.64. The third-order valence-electron chi connectivity index (χ3n) is 3.64. The summed E-state index contributed by atoms with van der Waals surface area (Å²) in [5, 5.41) is 14.0. The molecule has 2 aliphatic rings. The Balaban J connectivity index is 1.87. The summed E-state index contributed by atoms with van der Waals surface area (Å²) >= 11 is 0. The molecule has 7 heteroatoms. The lowest BCUT2D eigenvalue weighted by molar-refractivity contribution is -0.145. The van der Waals surface area contributed by atoms with Crippen molar-refractivity contribution in [1.29, 1.82) is 0 Å². The fourth-order valence-corrected chi connectivity index (χ4v) is 2.73. The Morgan fingerprint density at radius 1 is 1.40 bits per heavy atom. The van der Waals surface area contributed by atoms with Gasteiger partial charge in [-0.2, -0.15) is 0 Å². The van der Waals surface area contributed by atoms with Crippen LogP contribution in [0, 0.1) is 0 Å². The van der Waals surface area contributed by atoms with E-state index in [0.717, 1.165) is 5.56 Å². The number of hydrogen-bond acceptors (Lipinski definition) is 5. The highest BCUT2D eigenvalue weighted by Crippen LogP contribution is 2.38. The Morgan fingerprint density at radius 3 is 2.80 bits per heavy atom. The second kappa shape index (κ2) is 5.13. The number of fused-ring (bicyclic) bond motifs is 1. The molecule has 1 aromatic carbocycles. The molecule has 5 atom stereocenters. The zero-order valence-corrected chi connectivity index (χ0v) is 10.5. The van der Waals surface area contributed by atoms with Crippen LogP contribution in [-0.2, 0) is 14.3 Å². The van der Waals surface area contributed by atoms with E-state index < -0.39 is 30.5 Å². The Hall–Kier alpha value is -2.08. The number of benzene rings is 1. The molecule has 0 amide bonds. The Bertz CT molecular complexity index is 558. The summed E-state index contributed by atoms with van der Waals surface area (Å²) in [4.78, 5) is 14.0. The molecule has 0 bridgehead atoms. The van der Waals surface area contributed by atoms with Crippen molar-refractivity contribution in [1.82, 2.24) is 0 Å². The summed E-state index contributed by atoms with van der Waals surface area (Å²) in [5.74, 6) is -0.377. The van der Waals surface area contributed by atoms with Crippen LogP contribution in [0.15, 0.2) is 35.4 Å². The molecule has 1 aromatic rings. The van der Waals surface area contributed by atoms with Crippen LogP contribution in [0.25, 0.3) is 10.4 Å². The number of nitrogens with zero attached hydrogens (tertiary/aromatic N) is 3. The maximum absolute atomic E-state index is 11.2. The number of aliphatic hydroxyl groups is 1. The van der Waals surface area contributed by atoms with Gasteiger partial charge in [-0.3, -0.25) is 4.79 Å². The standard InChI is InChI=1S/C13H13N3O4/c14-16-15-10(7-4-2-1-3-5-7)13-11(18)12-8(19-13)6-9(17)20-12/h1-5,8,10-13,18H,6H2/t8-,10-,11-,12+,13-/m1/s1. The third kappa shape index (κ3) is 2.12. The van der Waals surface area contributed by atoms with Crippen molar-refractivity contribution in [3.63, 3.8) is 0 Å². The molecule has 0 saturated carbocycles. The van der Waals surface area contributed by atoms with Crippen molar-refractivity contribution in [3.8, 4) is 0 Å². The van der Waals surface area contributed by atoms with Crippen molar-refractivity contribution >= 4 is 5.97 Å². The summed E-state index contributed by atoms with van der Waals surface area (Å²) in [6.45, 7) is 0. The molecule has 0 aromatic heterocycles. The van der Waals surface area contributed by atoms with E-state index in [9.17, 15) is 9.90 Å². The molecule has 0 unspecified atom stereocenters. The van der Waals surface area contributed by atoms with Crippen LogP contribution in [0.3, 0.4) is 0 Å². The molecule has 7 nitrogen and oxygen atoms in total. The molecule has 2 heterocycles. The highest BCUT2D eigenvalue weighted by molar-refractivity contribution is 5.73. The Morgan fingerprint density at radius 2 is 2.15 bits per heavy atom. The fourth-order valence-electron chi connectivity index (χ4n) is 2.73. The van der Waals surface area contributed by atoms with Crippen LogP contribution in [-0.4, -0.2) is 35.5 Å². The molecule has 2 aliphatic heterocycles. The minimum absolute atomic E-state index is 0.121. The monoisotopic (exact) mass is 275 g/mol. The number of carbonyl (C=O) groups is 1. The van der Waals surface area contributed by atoms with Gasteiger partial charge in [0.2, 0.25) is 0 Å². The molecule has 2 fully saturated rings. The number of rotatable bonds is 3. The molecule has 1 N–H and O–H groups in total. The molecule has 2 saturated heterocycles. The predicted molar refractivity (Wildman–Crippen MR) is 67.5 cm³/mol. The van der Waals surface area contributed by atoms with E-state index in [4.69, 9.17) is 15.0 Å². The van der Waals surface area contributed by atoms with E-state index in [1.54, 1.807) is 12.1 Å². The van der Waals surface area contributed by atoms with Gasteiger partial charge in [0.25, 0.3) is 0 Å². The van der Waals surface area contributed by atoms with E-state index in [1.165, 1.54) is 0 Å². The van der Waals surface area contributed by atoms with Crippen LogP contribution in [0.5, 0.6) is 0 Å². The van der Waals surface area contributed by atoms with Gasteiger partial charge >= 0.3 is 5.97 Å². The summed E-state index contributed by atoms with van der Waals surface area (Å²) in [7, 11) is 0. The van der Waals surface area contributed by atoms with E-state index in [-0.39, 0.29) is 12.4 Å². The minimum Gasteiger partial charge on any atom is -0.457 e. The van der Waals surface area contributed by atoms with Crippen molar-refractivity contribution in [3.05, 3.63) is 46.3 Å². The van der Waals surface area contributed by atoms with Gasteiger partial charge in [-0.15, -0.1) is 0 Å². The topological polar surface area (TPSA) is 105 Å². The first kappa shape index (κ1) is 12.9. The van der Waals surface area contributed by atoms with Crippen molar-refractivity contribution in [2.75, 3.05) is 0 Å². The Kier molecular flexibility index (Phi) is 3.31. The summed E-state index contributed by atoms with van der Waals surface area (Å²) in [6.07, 6.45) is -2.73. The maximum Gasteiger partial charge on any atom is 0.309 e. The van der Waals surface area contributed by atoms with E-state index in [0.29, 0.717) is 0 Å². The first-order chi connectivity index (χ1) is 9.70. The van der Waals surface area contributed by atoms with Crippen molar-refractivity contribution in [2.24, 2.45) is 5.11 Å². The van der Waals surface area contributed by atoms with Gasteiger partial charge in [0.05, 0.1) is 12.5 Å². The molecule has 3 rings (SSSR count). The molecule has 104 valence electrons. The molecular formula is C13H13N3O4. The Labute approximate surface area is 114 Å². The van der Waals surface area contributed by atoms with Crippen molar-refractivity contribution < 1.29 is 19.4 Å². The van der Waals surface area contributed by atoms with Gasteiger partial charge in [0, 0.05) is 4.91 Å². The molecule has 0 spiro atoms. The number of azide groups is 1. The first-order valence-electron chi connectivity index (χ1n) is 6.33. The molecule has 20 heavy (non-hydrogen) atoms. The van der Waals surface area contributed by atoms with Gasteiger partial charge < -0.3 is 14.6 Å². The number of ether oxygens (including phenoxy) is 2. The zero-order chi connectivity index (χ0) is 14.1. The van der Waals surface area contributed by atoms with Gasteiger partial charge in [0.15, 0.2) is 6.10 Å². The summed E-state index contributed by atoms with van der Waals surface area (Å²) < 4.78 is 10.7. The number of aliphatic hydroxyl groups excluding tert-OH is 1. The fraction of sp³-hybridized carbons (Fsp3) is 0.462. The molecule has 0 radical (unpaired) electrons. The van der Waals surface area contributed by atoms with Crippen LogP contribution in [0.2, 0.25) is 0 Å². The predicted octanol–water partition coefficient (Wildman–Crippen LogP) is 1.48. The number of esters is 1. The lowest BCUT2D eigenvalue weighted by atomic mass is 9.97. The first-order valence-corrected chi connectivity index (χ1v) is 6.33. The number of carbonyl (C=O) groups excluding carboxylic acids is 1. The van der Waals surface area contributed by atoms with E-state index in [1.807, 2.05) is 18.2 Å². The molecule has 0 aliphatic carbocycles. The van der Waals surface area contributed by atoms with Crippen LogP contribution in [0.4, 0.5) is 0 Å². The van der Waals surface area contributed by atoms with Crippen LogP contribution >= 0.6 is 0 Å². The highest BCUT2D eigenvalue weighted by atomic mass is 16.6. The smallest absolute Gasteiger partial charge is 0.309 e. The highest BCUT2D eigenvalue weighted by Gasteiger charge is 2.53. The average molecular weight is 275 g/mol. The largest absolute Gasteiger partial charge is 0.457 e. The lowest BCUT2D eigenvalue weighted by Crippen LogP contribution is -2.35. The maximum atomic E-state index is 11.2. The summed E-state index contributed by atoms with van der Waals surface area (Å²) in [5.41, 5.74) is 9.48. The second-order valence-corrected chi connectivity index (χ2v) is 4.85. The normalized spacial score (nSPS) is 33.1. The van der Waals surface area contributed by atoms with Gasteiger partial charge in [-0.1, -0.05) is 35.4 Å². The number of hydrogen-bond donors (Lipinski definition) is 1. The van der Waals surface area contributed by atoms with Gasteiger partial charge in [0.1, 0.15) is 18.3 Å². The van der Waals surface area contributed by atoms with E-state index >= 15 is 0 Å². The molecular weight excluding hydrogens is 262 g/mol. The lowest BCUT2D eigenvalue weighted by Gasteiger charge is -2.23. The van der Waals surface area contributed by atoms with E-state index in [2.05, 4.69) is 10.0 Å². The SMILES string of the molecule is [N-]=[N+]=N[C@H](c1ccccc1)[C@H]1O[C@@H]2CC(=O)O[C@@H]2[C@H]1O. The van der Waals surface area contributed by atoms with Gasteiger partial charge in [-0.05, 0) is 11.1 Å². The van der Waals surface area contributed by atoms with Gasteiger partial charge in [-0.25, -0.2) is 0 Å². The minimum atomic E-state index is -0.998. The van der Waals surface area contributed by atoms with Crippen molar-refractivity contribution in [2.45, 2.75) is 36.9 Å². The van der Waals surface area contributed by atoms with Crippen LogP contribution < -0.4 is 0 Å².